The van der Waals surface area contributed by atoms with Gasteiger partial charge in [-0.15, -0.1) is 0 Å². The third-order valence-corrected chi connectivity index (χ3v) is 7.88. The monoisotopic (exact) mass is 770 g/mol. The number of ether oxygens (including phenoxy) is 8. The zero-order chi connectivity index (χ0) is 40.5. The van der Waals surface area contributed by atoms with Crippen molar-refractivity contribution >= 4 is 36.2 Å². The number of methoxy groups -OCH3 is 6. The number of hydrogen-bond donors (Lipinski definition) is 2. The quantitative estimate of drug-likeness (QED) is 0.0410. The van der Waals surface area contributed by atoms with Gasteiger partial charge in [-0.25, -0.2) is 20.4 Å². The van der Waals surface area contributed by atoms with Crippen LogP contribution in [0.3, 0.4) is 0 Å². The third-order valence-electron chi connectivity index (χ3n) is 7.88. The number of nitrogens with zero attached hydrogens (tertiary/aromatic N) is 2. The molecule has 0 saturated heterocycles. The Morgan fingerprint density at radius 1 is 0.464 bits per heavy atom. The topological polar surface area (TPSA) is 191 Å². The summed E-state index contributed by atoms with van der Waals surface area (Å²) >= 11 is 0. The molecule has 0 bridgehead atoms. The number of unbranched alkanes of at least 4 members (excludes halogenated alkanes) is 1. The van der Waals surface area contributed by atoms with Crippen LogP contribution in [0.25, 0.3) is 0 Å². The fourth-order valence-electron chi connectivity index (χ4n) is 4.98. The standard InChI is InChI=1S/C40H42N4O12/c1-49-29-17-13-27(21-35(29)53-5)39(47)55-31-15-11-25(19-33(31)51-3)23-41-43-37(45)9-7-8-10-38(46)44-42-24-26-12-16-32(34(20-26)52-4)56-40(48)28-14-18-30(50-2)36(22-28)54-6/h11-24H,7-10H2,1-6H3,(H,43,45)(H,44,46). The lowest BCUT2D eigenvalue weighted by Gasteiger charge is -2.11. The number of hydrogen-bond acceptors (Lipinski definition) is 14. The lowest BCUT2D eigenvalue weighted by atomic mass is 10.2. The SMILES string of the molecule is COc1ccc(C(=O)Oc2ccc(C=NNC(=O)CCCCC(=O)NN=Cc3ccc(OC(=O)c4ccc(OC)c(OC)c4)c(OC)c3)cc2OC)cc1OC. The van der Waals surface area contributed by atoms with E-state index in [1.54, 1.807) is 60.7 Å². The summed E-state index contributed by atoms with van der Waals surface area (Å²) < 4.78 is 42.7. The van der Waals surface area contributed by atoms with Crippen molar-refractivity contribution in [2.24, 2.45) is 10.2 Å². The average Bonchev–Trinajstić information content (AvgIpc) is 3.22. The second-order valence-electron chi connectivity index (χ2n) is 11.5. The van der Waals surface area contributed by atoms with E-state index in [9.17, 15) is 19.2 Å². The molecular formula is C40H42N4O12. The van der Waals surface area contributed by atoms with Gasteiger partial charge in [-0.1, -0.05) is 0 Å². The Morgan fingerprint density at radius 2 is 0.804 bits per heavy atom. The molecule has 16 heteroatoms. The largest absolute Gasteiger partial charge is 0.493 e. The number of rotatable bonds is 19. The van der Waals surface area contributed by atoms with Gasteiger partial charge < -0.3 is 37.9 Å². The van der Waals surface area contributed by atoms with Crippen molar-refractivity contribution < 1.29 is 57.1 Å². The van der Waals surface area contributed by atoms with Crippen molar-refractivity contribution in [3.05, 3.63) is 95.1 Å². The van der Waals surface area contributed by atoms with Crippen molar-refractivity contribution in [1.82, 2.24) is 10.9 Å². The van der Waals surface area contributed by atoms with Gasteiger partial charge in [0.2, 0.25) is 11.8 Å². The van der Waals surface area contributed by atoms with Gasteiger partial charge in [-0.2, -0.15) is 10.2 Å². The molecule has 4 aromatic rings. The predicted molar refractivity (Wildman–Crippen MR) is 205 cm³/mol. The number of amides is 2. The maximum atomic E-state index is 12.7. The molecule has 0 aliphatic carbocycles. The van der Waals surface area contributed by atoms with Gasteiger partial charge in [0.25, 0.3) is 0 Å². The molecule has 2 amide bonds. The van der Waals surface area contributed by atoms with Gasteiger partial charge in [0.15, 0.2) is 46.0 Å². The number of carbonyl (C=O) groups is 4. The molecule has 4 rings (SSSR count). The maximum Gasteiger partial charge on any atom is 0.343 e. The zero-order valence-electron chi connectivity index (χ0n) is 31.7. The number of benzene rings is 4. The van der Waals surface area contributed by atoms with Crippen LogP contribution in [0.2, 0.25) is 0 Å². The van der Waals surface area contributed by atoms with Gasteiger partial charge in [-0.3, -0.25) is 9.59 Å². The summed E-state index contributed by atoms with van der Waals surface area (Å²) in [6.07, 6.45) is 4.00. The van der Waals surface area contributed by atoms with E-state index in [1.807, 2.05) is 0 Å². The van der Waals surface area contributed by atoms with Gasteiger partial charge in [0, 0.05) is 12.8 Å². The summed E-state index contributed by atoms with van der Waals surface area (Å²) in [5.41, 5.74) is 6.56. The summed E-state index contributed by atoms with van der Waals surface area (Å²) in [6, 6.07) is 18.9. The molecule has 0 unspecified atom stereocenters. The number of carbonyl (C=O) groups excluding carboxylic acids is 4. The molecule has 0 saturated carbocycles. The Hall–Kier alpha value is -7.10. The highest BCUT2D eigenvalue weighted by Crippen LogP contribution is 2.32. The van der Waals surface area contributed by atoms with Crippen LogP contribution in [0.5, 0.6) is 46.0 Å². The Kier molecular flexibility index (Phi) is 15.6. The molecule has 2 N–H and O–H groups in total. The van der Waals surface area contributed by atoms with Crippen molar-refractivity contribution in [2.75, 3.05) is 42.7 Å². The van der Waals surface area contributed by atoms with Crippen molar-refractivity contribution in [3.8, 4) is 46.0 Å². The van der Waals surface area contributed by atoms with E-state index < -0.39 is 11.9 Å². The second-order valence-corrected chi connectivity index (χ2v) is 11.5. The first kappa shape index (κ1) is 41.7. The summed E-state index contributed by atoms with van der Waals surface area (Å²) in [7, 11) is 8.79. The molecule has 0 heterocycles. The first-order chi connectivity index (χ1) is 27.1. The van der Waals surface area contributed by atoms with E-state index in [0.717, 1.165) is 0 Å². The predicted octanol–water partition coefficient (Wildman–Crippen LogP) is 5.34. The second kappa shape index (κ2) is 21.0. The van der Waals surface area contributed by atoms with Crippen LogP contribution >= 0.6 is 0 Å². The number of hydrazone groups is 2. The van der Waals surface area contributed by atoms with E-state index >= 15 is 0 Å². The highest BCUT2D eigenvalue weighted by atomic mass is 16.6. The van der Waals surface area contributed by atoms with E-state index in [1.165, 1.54) is 67.2 Å². The van der Waals surface area contributed by atoms with Crippen molar-refractivity contribution in [2.45, 2.75) is 25.7 Å². The average molecular weight is 771 g/mol. The van der Waals surface area contributed by atoms with Crippen LogP contribution in [0.1, 0.15) is 57.5 Å². The third kappa shape index (κ3) is 11.7. The molecule has 294 valence electrons. The van der Waals surface area contributed by atoms with Crippen LogP contribution in [0, 0.1) is 0 Å². The highest BCUT2D eigenvalue weighted by Gasteiger charge is 2.17. The summed E-state index contributed by atoms with van der Waals surface area (Å²) in [5, 5.41) is 7.95. The fourth-order valence-corrected chi connectivity index (χ4v) is 4.98. The van der Waals surface area contributed by atoms with Crippen LogP contribution < -0.4 is 48.7 Å². The molecule has 4 aromatic carbocycles. The molecule has 0 aliphatic heterocycles. The van der Waals surface area contributed by atoms with Crippen LogP contribution in [0.4, 0.5) is 0 Å². The molecule has 0 fully saturated rings. The van der Waals surface area contributed by atoms with E-state index in [4.69, 9.17) is 37.9 Å². The minimum atomic E-state index is -0.623. The Labute approximate surface area is 323 Å². The van der Waals surface area contributed by atoms with Crippen LogP contribution in [-0.4, -0.2) is 78.8 Å². The van der Waals surface area contributed by atoms with Gasteiger partial charge in [-0.05, 0) is 96.8 Å². The Morgan fingerprint density at radius 3 is 1.16 bits per heavy atom. The van der Waals surface area contributed by atoms with E-state index in [2.05, 4.69) is 21.1 Å². The summed E-state index contributed by atoms with van der Waals surface area (Å²) in [4.78, 5) is 50.1. The van der Waals surface area contributed by atoms with E-state index in [-0.39, 0.29) is 58.8 Å². The molecule has 16 nitrogen and oxygen atoms in total. The van der Waals surface area contributed by atoms with Crippen molar-refractivity contribution in [3.63, 3.8) is 0 Å². The molecule has 0 aromatic heterocycles. The van der Waals surface area contributed by atoms with Crippen LogP contribution in [0.15, 0.2) is 83.0 Å². The highest BCUT2D eigenvalue weighted by molar-refractivity contribution is 5.93. The zero-order valence-corrected chi connectivity index (χ0v) is 31.7. The Balaban J connectivity index is 1.17. The maximum absolute atomic E-state index is 12.7. The summed E-state index contributed by atoms with van der Waals surface area (Å²) in [6.45, 7) is 0. The lowest BCUT2D eigenvalue weighted by Crippen LogP contribution is -2.19. The minimum Gasteiger partial charge on any atom is -0.493 e. The van der Waals surface area contributed by atoms with Gasteiger partial charge >= 0.3 is 11.9 Å². The number of nitrogens with one attached hydrogen (secondary N) is 2. The first-order valence-corrected chi connectivity index (χ1v) is 17.0. The van der Waals surface area contributed by atoms with Crippen LogP contribution in [-0.2, 0) is 9.59 Å². The molecular weight excluding hydrogens is 728 g/mol. The fraction of sp³-hybridized carbons (Fsp3) is 0.250. The smallest absolute Gasteiger partial charge is 0.343 e. The normalized spacial score (nSPS) is 10.8. The van der Waals surface area contributed by atoms with E-state index in [0.29, 0.717) is 47.0 Å². The number of esters is 2. The molecule has 0 atom stereocenters. The Bertz CT molecular complexity index is 1940. The first-order valence-electron chi connectivity index (χ1n) is 17.0. The molecule has 0 aliphatic rings. The lowest BCUT2D eigenvalue weighted by molar-refractivity contribution is -0.123. The molecule has 0 spiro atoms. The molecule has 56 heavy (non-hydrogen) atoms. The van der Waals surface area contributed by atoms with Gasteiger partial charge in [0.05, 0.1) is 66.2 Å². The van der Waals surface area contributed by atoms with Gasteiger partial charge in [0.1, 0.15) is 0 Å². The summed E-state index contributed by atoms with van der Waals surface area (Å²) in [5.74, 6) is 0.728. The molecule has 0 radical (unpaired) electrons. The minimum absolute atomic E-state index is 0.144. The van der Waals surface area contributed by atoms with Crippen molar-refractivity contribution in [1.29, 1.82) is 0 Å².